The third-order valence-electron chi connectivity index (χ3n) is 22.2. The van der Waals surface area contributed by atoms with Gasteiger partial charge in [-0.25, -0.2) is 16.8 Å². The smallest absolute Gasteiger partial charge is 0.308 e. The van der Waals surface area contributed by atoms with E-state index in [-0.39, 0.29) is 76.6 Å². The molecule has 4 aromatic carbocycles. The number of ether oxygens (including phenoxy) is 8. The number of rotatable bonds is 24. The Morgan fingerprint density at radius 2 is 0.718 bits per heavy atom. The van der Waals surface area contributed by atoms with Crippen molar-refractivity contribution in [1.29, 1.82) is 0 Å². The van der Waals surface area contributed by atoms with Crippen LogP contribution in [0.5, 0.6) is 5.75 Å². The molecule has 0 heterocycles. The molecule has 0 saturated heterocycles. The second-order valence-corrected chi connectivity index (χ2v) is 38.7. The van der Waals surface area contributed by atoms with Gasteiger partial charge in [0.05, 0.1) is 101 Å². The average molecular weight is 1750 g/mol. The van der Waals surface area contributed by atoms with Gasteiger partial charge in [-0.3, -0.25) is 13.8 Å². The van der Waals surface area contributed by atoms with E-state index < -0.39 is 29.8 Å². The summed E-state index contributed by atoms with van der Waals surface area (Å²) >= 11 is 8.76. The van der Waals surface area contributed by atoms with Gasteiger partial charge < -0.3 is 53.2 Å². The molecule has 0 atom stereocenters. The molecule has 7 aliphatic rings. The van der Waals surface area contributed by atoms with Crippen LogP contribution >= 0.6 is 43.6 Å². The number of esters is 2. The quantitative estimate of drug-likeness (QED) is 0.0334. The van der Waals surface area contributed by atoms with Crippen LogP contribution in [0.3, 0.4) is 0 Å². The highest BCUT2D eigenvalue weighted by molar-refractivity contribution is 9.10. The van der Waals surface area contributed by atoms with Crippen molar-refractivity contribution in [2.75, 3.05) is 86.3 Å². The molecular weight excluding hydrogens is 1620 g/mol. The summed E-state index contributed by atoms with van der Waals surface area (Å²) in [6.45, 7) is 7.16. The van der Waals surface area contributed by atoms with Gasteiger partial charge in [-0.05, 0) is 315 Å². The van der Waals surface area contributed by atoms with Crippen molar-refractivity contribution in [3.8, 4) is 5.75 Å². The van der Waals surface area contributed by atoms with Gasteiger partial charge in [0.15, 0.2) is 19.7 Å². The zero-order valence-electron chi connectivity index (χ0n) is 66.7. The summed E-state index contributed by atoms with van der Waals surface area (Å²) in [5.74, 6) is 4.01. The lowest BCUT2D eigenvalue weighted by Crippen LogP contribution is -2.26. The first kappa shape index (κ1) is 97.0. The Morgan fingerprint density at radius 1 is 0.409 bits per heavy atom. The van der Waals surface area contributed by atoms with Crippen molar-refractivity contribution in [3.05, 3.63) is 112 Å². The second kappa shape index (κ2) is 52.9. The molecule has 0 unspecified atom stereocenters. The maximum Gasteiger partial charge on any atom is 0.308 e. The zero-order valence-corrected chi connectivity index (χ0v) is 73.2. The van der Waals surface area contributed by atoms with Gasteiger partial charge in [0.1, 0.15) is 5.75 Å². The Hall–Kier alpha value is -3.58. The first-order chi connectivity index (χ1) is 52.7. The number of phenolic OH excluding ortho intramolecular Hbond substituents is 1. The number of halogens is 2. The summed E-state index contributed by atoms with van der Waals surface area (Å²) in [4.78, 5) is 24.8. The molecule has 0 aromatic heterocycles. The predicted molar refractivity (Wildman–Crippen MR) is 440 cm³/mol. The minimum atomic E-state index is -3.63. The topological polar surface area (TPSA) is 280 Å². The van der Waals surface area contributed by atoms with E-state index in [1.807, 2.05) is 39.6 Å². The van der Waals surface area contributed by atoms with Crippen LogP contribution in [0, 0.1) is 48.3 Å². The maximum atomic E-state index is 12.3. The number of phenols is 1. The zero-order chi connectivity index (χ0) is 80.5. The molecule has 7 aliphatic carbocycles. The number of aromatic hydroxyl groups is 1. The number of hydrogen-bond donors (Lipinski definition) is 3. The van der Waals surface area contributed by atoms with E-state index in [4.69, 9.17) is 47.2 Å². The van der Waals surface area contributed by atoms with Crippen molar-refractivity contribution in [2.45, 2.75) is 263 Å². The van der Waals surface area contributed by atoms with Gasteiger partial charge in [-0.1, -0.05) is 49.6 Å². The molecule has 7 saturated carbocycles. The second-order valence-electron chi connectivity index (χ2n) is 30.1. The molecule has 0 radical (unpaired) electrons. The summed E-state index contributed by atoms with van der Waals surface area (Å²) in [5.41, 5.74) is 1.03. The minimum Gasteiger partial charge on any atom is -0.508 e. The van der Waals surface area contributed by atoms with Crippen LogP contribution in [0.1, 0.15) is 199 Å². The van der Waals surface area contributed by atoms with E-state index >= 15 is 0 Å². The van der Waals surface area contributed by atoms with Crippen LogP contribution in [0.25, 0.3) is 0 Å². The standard InChI is InChI=1S/C15H22O4S.C14H19BrO3S.C14H19BrOS.C14H20O4S.C10H18O3.C9H16O3.C8H16O2/c1-12-3-9-15(10-4-12)20(16,17)19-11-13-5-7-14(18-2)8-6-13;1-18-13-6-2-11(3-7-13)10-19(16,17)14-8-4-12(15)5-9-14;1-16-13-6-2-11(3-7-13)10-17-14-8-4-12(15)5-9-14;1-18-13-6-2-11(3-7-13)10-19(16,17)14-8-4-12(15)5-9-14;1-3-13-10(11)8-4-6-9(12-2)7-5-8;1-2-12-9(11)7-3-5-8(10)6-4-7;1-10-8-4-2-7(6-9)3-5-8/h3-4,9-10,13-14H,5-8,11H2,1-2H3;4-5,8-9,11,13H,2-3,6-7,10H2,1H3;4-5,8-9,11,13H,2-3,6-7,10H2,1H3;4-5,8-9,11,13,15H,2-3,6-7,10H2,1H3;8-9H,3-7H2,1-2H3;7-8,10H,2-6H2,1H3;7-9H,2-6H2,1H3. The van der Waals surface area contributed by atoms with Crippen molar-refractivity contribution in [2.24, 2.45) is 41.4 Å². The number of aliphatic hydroxyl groups excluding tert-OH is 2. The number of carbonyl (C=O) groups excluding carboxylic acids is 2. The Bertz CT molecular complexity index is 3360. The highest BCUT2D eigenvalue weighted by Crippen LogP contribution is 2.35. The van der Waals surface area contributed by atoms with E-state index in [2.05, 4.69) is 56.1 Å². The van der Waals surface area contributed by atoms with Gasteiger partial charge in [0, 0.05) is 68.9 Å². The number of sulfone groups is 2. The normalized spacial score (nSPS) is 26.3. The van der Waals surface area contributed by atoms with E-state index in [9.17, 15) is 45.1 Å². The van der Waals surface area contributed by atoms with Crippen LogP contribution < -0.4 is 0 Å². The molecule has 110 heavy (non-hydrogen) atoms. The number of carbonyl (C=O) groups is 2. The molecule has 4 aromatic rings. The SMILES string of the molecule is CCOC(=O)C1CCC(O)CC1.CCOC(=O)C1CCC(OC)CC1.COC1CCC(CO)CC1.COC1CCC(COS(=O)(=O)c2ccc(C)cc2)CC1.COC1CCC(CS(=O)(=O)c2ccc(Br)cc2)CC1.COC1CCC(CS(=O)(=O)c2ccc(O)cc2)CC1.COC1CCC(CSc2ccc(Br)cc2)CC1. The fourth-order valence-corrected chi connectivity index (χ4v) is 20.9. The maximum absolute atomic E-state index is 12.3. The molecule has 7 fully saturated rings. The molecule has 26 heteroatoms. The number of aryl methyl sites for hydroxylation is 1. The van der Waals surface area contributed by atoms with Gasteiger partial charge in [0.25, 0.3) is 10.1 Å². The molecule has 11 rings (SSSR count). The van der Waals surface area contributed by atoms with Crippen LogP contribution in [0.2, 0.25) is 0 Å². The summed E-state index contributed by atoms with van der Waals surface area (Å²) in [6, 6.07) is 28.0. The number of hydrogen-bond acceptors (Lipinski definition) is 21. The molecular formula is C84H130Br2O20S4. The molecule has 624 valence electrons. The Kier molecular flexibility index (Phi) is 46.6. The van der Waals surface area contributed by atoms with E-state index in [0.717, 1.165) is 175 Å². The predicted octanol–water partition coefficient (Wildman–Crippen LogP) is 17.5. The lowest BCUT2D eigenvalue weighted by atomic mass is 9.87. The van der Waals surface area contributed by atoms with Crippen LogP contribution in [-0.4, -0.2) is 182 Å². The first-order valence-electron chi connectivity index (χ1n) is 39.8. The molecule has 0 amide bonds. The third-order valence-corrected chi connectivity index (χ3v) is 29.6. The largest absolute Gasteiger partial charge is 0.508 e. The first-order valence-corrected chi connectivity index (χ1v) is 47.1. The van der Waals surface area contributed by atoms with Gasteiger partial charge in [-0.15, -0.1) is 11.8 Å². The molecule has 20 nitrogen and oxygen atoms in total. The number of benzene rings is 4. The van der Waals surface area contributed by atoms with Crippen molar-refractivity contribution >= 4 is 85.4 Å². The Balaban J connectivity index is 0.000000232. The number of methoxy groups -OCH3 is 6. The monoisotopic (exact) mass is 1740 g/mol. The van der Waals surface area contributed by atoms with Crippen LogP contribution in [0.4, 0.5) is 0 Å². The van der Waals surface area contributed by atoms with E-state index in [1.54, 1.807) is 84.1 Å². The summed E-state index contributed by atoms with van der Waals surface area (Å²) in [5, 5.41) is 27.2. The third kappa shape index (κ3) is 37.1. The van der Waals surface area contributed by atoms with E-state index in [1.165, 1.54) is 60.6 Å². The lowest BCUT2D eigenvalue weighted by molar-refractivity contribution is -0.150. The summed E-state index contributed by atoms with van der Waals surface area (Å²) in [7, 11) is 0.450. The Morgan fingerprint density at radius 3 is 1.07 bits per heavy atom. The van der Waals surface area contributed by atoms with Gasteiger partial charge in [0.2, 0.25) is 0 Å². The molecule has 0 spiro atoms. The minimum absolute atomic E-state index is 0.0305. The Labute approximate surface area is 680 Å². The van der Waals surface area contributed by atoms with Gasteiger partial charge >= 0.3 is 11.9 Å². The lowest BCUT2D eigenvalue weighted by Gasteiger charge is -2.27. The fraction of sp³-hybridized carbons (Fsp3) is 0.690. The van der Waals surface area contributed by atoms with Crippen molar-refractivity contribution < 1.29 is 92.2 Å². The fourth-order valence-electron chi connectivity index (χ4n) is 14.9. The summed E-state index contributed by atoms with van der Waals surface area (Å²) in [6.07, 6.45) is 29.9. The molecule has 0 aliphatic heterocycles. The number of aliphatic hydroxyl groups is 2. The average Bonchev–Trinajstić information content (AvgIpc) is 0.833. The molecule has 3 N–H and O–H groups in total. The molecule has 0 bridgehead atoms. The highest BCUT2D eigenvalue weighted by Gasteiger charge is 2.32. The van der Waals surface area contributed by atoms with Crippen molar-refractivity contribution in [3.63, 3.8) is 0 Å². The summed E-state index contributed by atoms with van der Waals surface area (Å²) < 4.78 is 122. The number of thioether (sulfide) groups is 1. The van der Waals surface area contributed by atoms with Crippen LogP contribution in [-0.2, 0) is 81.5 Å². The van der Waals surface area contributed by atoms with Crippen molar-refractivity contribution in [1.82, 2.24) is 0 Å². The van der Waals surface area contributed by atoms with Gasteiger partial charge in [-0.2, -0.15) is 8.42 Å². The van der Waals surface area contributed by atoms with Crippen LogP contribution in [0.15, 0.2) is 126 Å². The highest BCUT2D eigenvalue weighted by atomic mass is 79.9. The van der Waals surface area contributed by atoms with E-state index in [0.29, 0.717) is 72.0 Å².